The molecule has 1 aromatic heterocycles. The monoisotopic (exact) mass is 462 g/mol. The Kier molecular flexibility index (Phi) is 5.46. The number of hydrogen-bond acceptors (Lipinski definition) is 4. The van der Waals surface area contributed by atoms with Gasteiger partial charge >= 0.3 is 11.6 Å². The molecule has 26 heavy (non-hydrogen) atoms. The van der Waals surface area contributed by atoms with Crippen LogP contribution in [0.4, 0.5) is 0 Å². The van der Waals surface area contributed by atoms with Crippen LogP contribution in [0.2, 0.25) is 0 Å². The van der Waals surface area contributed by atoms with Gasteiger partial charge in [0.25, 0.3) is 0 Å². The number of benzene rings is 2. The van der Waals surface area contributed by atoms with E-state index in [2.05, 4.69) is 36.4 Å². The van der Waals surface area contributed by atoms with Crippen LogP contribution >= 0.6 is 22.6 Å². The molecular weight excluding hydrogens is 443 g/mol. The number of carbonyl (C=O) groups is 1. The summed E-state index contributed by atoms with van der Waals surface area (Å²) in [6.45, 7) is 6.25. The van der Waals surface area contributed by atoms with Gasteiger partial charge in [0.05, 0.1) is 5.56 Å². The standard InChI is InChI=1S/C21H19IO4/c1-12(2)17-10-18-15(9-20(23)26-19(18)7-13(17)3)11-25-21(24)14-5-4-6-16(22)8-14/h4-10,12H,11H2,1-3H3. The predicted octanol–water partition coefficient (Wildman–Crippen LogP) is 5.19. The SMILES string of the molecule is Cc1cc2oc(=O)cc(COC(=O)c3cccc(I)c3)c2cc1C(C)C. The minimum Gasteiger partial charge on any atom is -0.457 e. The van der Waals surface area contributed by atoms with E-state index in [-0.39, 0.29) is 6.61 Å². The molecule has 0 atom stereocenters. The smallest absolute Gasteiger partial charge is 0.338 e. The first kappa shape index (κ1) is 18.6. The molecule has 3 rings (SSSR count). The van der Waals surface area contributed by atoms with Gasteiger partial charge in [0.15, 0.2) is 0 Å². The third-order valence-corrected chi connectivity index (χ3v) is 4.93. The number of esters is 1. The molecule has 1 heterocycles. The van der Waals surface area contributed by atoms with Gasteiger partial charge in [0, 0.05) is 20.6 Å². The minimum absolute atomic E-state index is 0.0208. The number of fused-ring (bicyclic) bond motifs is 1. The van der Waals surface area contributed by atoms with Crippen LogP contribution in [-0.4, -0.2) is 5.97 Å². The Balaban J connectivity index is 1.95. The summed E-state index contributed by atoms with van der Waals surface area (Å²) in [6, 6.07) is 12.5. The van der Waals surface area contributed by atoms with Crippen molar-refractivity contribution in [3.63, 3.8) is 0 Å². The highest BCUT2D eigenvalue weighted by Crippen LogP contribution is 2.27. The molecule has 0 N–H and O–H groups in total. The van der Waals surface area contributed by atoms with E-state index in [1.54, 1.807) is 12.1 Å². The van der Waals surface area contributed by atoms with Crippen molar-refractivity contribution < 1.29 is 13.9 Å². The average Bonchev–Trinajstić information content (AvgIpc) is 2.58. The van der Waals surface area contributed by atoms with E-state index in [0.717, 1.165) is 14.5 Å². The lowest BCUT2D eigenvalue weighted by atomic mass is 9.95. The third kappa shape index (κ3) is 3.98. The average molecular weight is 462 g/mol. The Hall–Kier alpha value is -2.15. The van der Waals surface area contributed by atoms with Crippen molar-refractivity contribution in [3.05, 3.63) is 78.7 Å². The highest BCUT2D eigenvalue weighted by Gasteiger charge is 2.14. The first-order chi connectivity index (χ1) is 12.3. The molecule has 0 unspecified atom stereocenters. The maximum atomic E-state index is 12.3. The van der Waals surface area contributed by atoms with Crippen LogP contribution in [0.3, 0.4) is 0 Å². The van der Waals surface area contributed by atoms with Crippen LogP contribution in [0.5, 0.6) is 0 Å². The van der Waals surface area contributed by atoms with Crippen LogP contribution in [0.1, 0.15) is 46.8 Å². The van der Waals surface area contributed by atoms with Crippen molar-refractivity contribution in [2.45, 2.75) is 33.3 Å². The number of hydrogen-bond donors (Lipinski definition) is 0. The van der Waals surface area contributed by atoms with Gasteiger partial charge < -0.3 is 9.15 Å². The molecule has 3 aromatic rings. The highest BCUT2D eigenvalue weighted by atomic mass is 127. The third-order valence-electron chi connectivity index (χ3n) is 4.26. The molecule has 0 spiro atoms. The summed E-state index contributed by atoms with van der Waals surface area (Å²) in [7, 11) is 0. The fourth-order valence-corrected chi connectivity index (χ4v) is 3.52. The molecule has 0 amide bonds. The Labute approximate surface area is 165 Å². The molecule has 0 radical (unpaired) electrons. The molecule has 2 aromatic carbocycles. The second-order valence-electron chi connectivity index (χ2n) is 6.54. The topological polar surface area (TPSA) is 56.5 Å². The van der Waals surface area contributed by atoms with Crippen LogP contribution in [0, 0.1) is 10.5 Å². The van der Waals surface area contributed by atoms with E-state index in [1.165, 1.54) is 11.6 Å². The van der Waals surface area contributed by atoms with E-state index in [9.17, 15) is 9.59 Å². The van der Waals surface area contributed by atoms with E-state index >= 15 is 0 Å². The van der Waals surface area contributed by atoms with Crippen molar-refractivity contribution in [2.75, 3.05) is 0 Å². The van der Waals surface area contributed by atoms with E-state index in [0.29, 0.717) is 22.6 Å². The predicted molar refractivity (Wildman–Crippen MR) is 110 cm³/mol. The molecule has 0 saturated heterocycles. The molecule has 0 aliphatic rings. The van der Waals surface area contributed by atoms with Gasteiger partial charge in [-0.1, -0.05) is 19.9 Å². The first-order valence-corrected chi connectivity index (χ1v) is 9.43. The first-order valence-electron chi connectivity index (χ1n) is 8.35. The van der Waals surface area contributed by atoms with Gasteiger partial charge in [-0.3, -0.25) is 0 Å². The molecule has 0 saturated carbocycles. The second kappa shape index (κ2) is 7.61. The van der Waals surface area contributed by atoms with Crippen molar-refractivity contribution in [2.24, 2.45) is 0 Å². The number of aryl methyl sites for hydroxylation is 1. The van der Waals surface area contributed by atoms with E-state index in [1.807, 2.05) is 31.2 Å². The molecule has 0 aliphatic heterocycles. The van der Waals surface area contributed by atoms with Gasteiger partial charge in [-0.25, -0.2) is 9.59 Å². The quantitative estimate of drug-likeness (QED) is 0.305. The molecule has 0 aliphatic carbocycles. The number of halogens is 1. The summed E-state index contributed by atoms with van der Waals surface area (Å²) in [6.07, 6.45) is 0. The summed E-state index contributed by atoms with van der Waals surface area (Å²) in [5.41, 5.74) is 3.45. The van der Waals surface area contributed by atoms with Crippen LogP contribution in [-0.2, 0) is 11.3 Å². The van der Waals surface area contributed by atoms with E-state index < -0.39 is 11.6 Å². The van der Waals surface area contributed by atoms with Gasteiger partial charge in [0.2, 0.25) is 0 Å². The number of carbonyl (C=O) groups excluding carboxylic acids is 1. The fourth-order valence-electron chi connectivity index (χ4n) is 2.97. The van der Waals surface area contributed by atoms with Crippen molar-refractivity contribution in [1.29, 1.82) is 0 Å². The molecular formula is C21H19IO4. The fraction of sp³-hybridized carbons (Fsp3) is 0.238. The van der Waals surface area contributed by atoms with Crippen molar-refractivity contribution in [3.8, 4) is 0 Å². The van der Waals surface area contributed by atoms with E-state index in [4.69, 9.17) is 9.15 Å². The Bertz CT molecular complexity index is 1030. The number of ether oxygens (including phenoxy) is 1. The minimum atomic E-state index is -0.450. The molecule has 134 valence electrons. The zero-order valence-electron chi connectivity index (χ0n) is 14.8. The van der Waals surface area contributed by atoms with Gasteiger partial charge in [-0.15, -0.1) is 0 Å². The normalized spacial score (nSPS) is 11.1. The van der Waals surface area contributed by atoms with Crippen molar-refractivity contribution >= 4 is 39.5 Å². The highest BCUT2D eigenvalue weighted by molar-refractivity contribution is 14.1. The van der Waals surface area contributed by atoms with Crippen molar-refractivity contribution in [1.82, 2.24) is 0 Å². The maximum absolute atomic E-state index is 12.3. The second-order valence-corrected chi connectivity index (χ2v) is 7.78. The van der Waals surface area contributed by atoms with Crippen LogP contribution in [0.15, 0.2) is 51.7 Å². The lowest BCUT2D eigenvalue weighted by molar-refractivity contribution is 0.0473. The molecule has 0 fully saturated rings. The number of rotatable bonds is 4. The Morgan fingerprint density at radius 1 is 1.19 bits per heavy atom. The lowest BCUT2D eigenvalue weighted by Crippen LogP contribution is -2.08. The summed E-state index contributed by atoms with van der Waals surface area (Å²) in [5.74, 6) is -0.0748. The summed E-state index contributed by atoms with van der Waals surface area (Å²) in [5, 5.41) is 0.800. The molecule has 5 heteroatoms. The summed E-state index contributed by atoms with van der Waals surface area (Å²) < 4.78 is 11.7. The Morgan fingerprint density at radius 3 is 2.65 bits per heavy atom. The molecule has 4 nitrogen and oxygen atoms in total. The van der Waals surface area contributed by atoms with Gasteiger partial charge in [0.1, 0.15) is 12.2 Å². The summed E-state index contributed by atoms with van der Waals surface area (Å²) >= 11 is 2.15. The summed E-state index contributed by atoms with van der Waals surface area (Å²) in [4.78, 5) is 24.2. The van der Waals surface area contributed by atoms with Gasteiger partial charge in [-0.05, 0) is 76.9 Å². The van der Waals surface area contributed by atoms with Crippen LogP contribution in [0.25, 0.3) is 11.0 Å². The zero-order chi connectivity index (χ0) is 18.8. The molecule has 0 bridgehead atoms. The van der Waals surface area contributed by atoms with Crippen LogP contribution < -0.4 is 5.63 Å². The largest absolute Gasteiger partial charge is 0.457 e. The lowest BCUT2D eigenvalue weighted by Gasteiger charge is -2.13. The zero-order valence-corrected chi connectivity index (χ0v) is 17.0. The van der Waals surface area contributed by atoms with Gasteiger partial charge in [-0.2, -0.15) is 0 Å². The maximum Gasteiger partial charge on any atom is 0.338 e. The Morgan fingerprint density at radius 2 is 1.96 bits per heavy atom.